The topological polar surface area (TPSA) is 44.8 Å². The summed E-state index contributed by atoms with van der Waals surface area (Å²) in [6, 6.07) is 33.0. The van der Waals surface area contributed by atoms with Crippen molar-refractivity contribution < 1.29 is 9.53 Å². The number of hydrogen-bond acceptors (Lipinski definition) is 4. The number of rotatable bonds is 8. The molecule has 5 nitrogen and oxygen atoms in total. The van der Waals surface area contributed by atoms with Gasteiger partial charge in [0.25, 0.3) is 5.91 Å². The predicted molar refractivity (Wildman–Crippen MR) is 142 cm³/mol. The third-order valence-corrected chi connectivity index (χ3v) is 6.57. The molecule has 0 spiro atoms. The molecule has 0 aromatic heterocycles. The van der Waals surface area contributed by atoms with Crippen LogP contribution in [0, 0.1) is 0 Å². The van der Waals surface area contributed by atoms with E-state index in [4.69, 9.17) is 4.74 Å². The van der Waals surface area contributed by atoms with Crippen molar-refractivity contribution in [3.8, 4) is 5.75 Å². The summed E-state index contributed by atoms with van der Waals surface area (Å²) in [6.45, 7) is 5.48. The number of piperazine rings is 1. The highest BCUT2D eigenvalue weighted by molar-refractivity contribution is 5.84. The second-order valence-corrected chi connectivity index (χ2v) is 8.94. The smallest absolute Gasteiger partial charge is 0.258 e. The van der Waals surface area contributed by atoms with E-state index in [0.717, 1.165) is 49.1 Å². The highest BCUT2D eigenvalue weighted by atomic mass is 16.5. The van der Waals surface area contributed by atoms with E-state index < -0.39 is 0 Å². The third-order valence-electron chi connectivity index (χ3n) is 6.57. The first kappa shape index (κ1) is 22.9. The first-order valence-corrected chi connectivity index (χ1v) is 12.2. The first-order chi connectivity index (χ1) is 17.2. The van der Waals surface area contributed by atoms with Crippen molar-refractivity contribution in [3.63, 3.8) is 0 Å². The lowest BCUT2D eigenvalue weighted by atomic mass is 10.1. The Kier molecular flexibility index (Phi) is 7.25. The minimum absolute atomic E-state index is 0.00194. The molecule has 5 heteroatoms. The number of nitrogens with zero attached hydrogens (tertiary/aromatic N) is 2. The maximum absolute atomic E-state index is 12.5. The Balaban J connectivity index is 1.11. The van der Waals surface area contributed by atoms with Gasteiger partial charge in [0, 0.05) is 45.0 Å². The van der Waals surface area contributed by atoms with Crippen molar-refractivity contribution in [2.45, 2.75) is 13.1 Å². The molecular formula is C30H31N3O2. The second-order valence-electron chi connectivity index (χ2n) is 8.94. The van der Waals surface area contributed by atoms with E-state index in [-0.39, 0.29) is 12.5 Å². The number of para-hydroxylation sites is 1. The summed E-state index contributed by atoms with van der Waals surface area (Å²) in [7, 11) is 0. The van der Waals surface area contributed by atoms with Crippen LogP contribution in [-0.4, -0.2) is 43.6 Å². The van der Waals surface area contributed by atoms with Gasteiger partial charge in [-0.05, 0) is 46.2 Å². The maximum Gasteiger partial charge on any atom is 0.258 e. The number of carbonyl (C=O) groups excluding carboxylic acids is 1. The molecule has 1 aliphatic rings. The van der Waals surface area contributed by atoms with Gasteiger partial charge in [0.15, 0.2) is 6.61 Å². The van der Waals surface area contributed by atoms with E-state index in [9.17, 15) is 4.79 Å². The Labute approximate surface area is 206 Å². The van der Waals surface area contributed by atoms with Crippen LogP contribution in [0.1, 0.15) is 11.1 Å². The van der Waals surface area contributed by atoms with Gasteiger partial charge < -0.3 is 15.0 Å². The van der Waals surface area contributed by atoms with Crippen LogP contribution >= 0.6 is 0 Å². The lowest BCUT2D eigenvalue weighted by molar-refractivity contribution is -0.123. The molecule has 4 aromatic carbocycles. The molecule has 0 bridgehead atoms. The Bertz CT molecular complexity index is 1270. The van der Waals surface area contributed by atoms with Crippen LogP contribution in [0.25, 0.3) is 10.8 Å². The number of amides is 1. The molecule has 0 saturated carbocycles. The Morgan fingerprint density at radius 1 is 0.743 bits per heavy atom. The Morgan fingerprint density at radius 2 is 1.43 bits per heavy atom. The summed E-state index contributed by atoms with van der Waals surface area (Å²) in [5.74, 6) is 0.582. The van der Waals surface area contributed by atoms with E-state index in [2.05, 4.69) is 69.7 Å². The summed E-state index contributed by atoms with van der Waals surface area (Å²) in [5, 5.41) is 5.28. The summed E-state index contributed by atoms with van der Waals surface area (Å²) < 4.78 is 5.74. The van der Waals surface area contributed by atoms with Gasteiger partial charge in [0.05, 0.1) is 0 Å². The fourth-order valence-corrected chi connectivity index (χ4v) is 4.58. The molecule has 1 amide bonds. The molecule has 0 aliphatic carbocycles. The second kappa shape index (κ2) is 11.1. The number of hydrogen-bond donors (Lipinski definition) is 1. The number of ether oxygens (including phenoxy) is 1. The van der Waals surface area contributed by atoms with Gasteiger partial charge in [-0.1, -0.05) is 72.8 Å². The monoisotopic (exact) mass is 465 g/mol. The highest BCUT2D eigenvalue weighted by Gasteiger charge is 2.18. The molecule has 1 heterocycles. The molecule has 1 fully saturated rings. The van der Waals surface area contributed by atoms with E-state index in [0.29, 0.717) is 12.3 Å². The van der Waals surface area contributed by atoms with Crippen LogP contribution in [0.5, 0.6) is 5.75 Å². The average molecular weight is 466 g/mol. The van der Waals surface area contributed by atoms with Crippen molar-refractivity contribution in [1.82, 2.24) is 10.2 Å². The van der Waals surface area contributed by atoms with Crippen LogP contribution in [0.4, 0.5) is 5.69 Å². The lowest BCUT2D eigenvalue weighted by Gasteiger charge is -2.36. The van der Waals surface area contributed by atoms with Gasteiger partial charge in [0.1, 0.15) is 5.75 Å². The minimum atomic E-state index is -0.121. The van der Waals surface area contributed by atoms with Crippen molar-refractivity contribution in [2.75, 3.05) is 37.7 Å². The van der Waals surface area contributed by atoms with E-state index in [1.165, 1.54) is 11.3 Å². The molecule has 0 unspecified atom stereocenters. The number of benzene rings is 4. The number of fused-ring (bicyclic) bond motifs is 1. The van der Waals surface area contributed by atoms with E-state index in [1.807, 2.05) is 42.5 Å². The molecule has 1 saturated heterocycles. The standard InChI is InChI=1S/C30H31N3O2/c34-30(23-35-29-15-14-24-8-4-5-9-25(24)20-29)31-21-26-10-6-7-11-27(26)22-32-16-18-33(19-17-32)28-12-2-1-3-13-28/h1-15,20H,16-19,21-23H2,(H,31,34). The Morgan fingerprint density at radius 3 is 2.23 bits per heavy atom. The molecule has 1 aliphatic heterocycles. The number of carbonyl (C=O) groups is 1. The minimum Gasteiger partial charge on any atom is -0.484 e. The first-order valence-electron chi connectivity index (χ1n) is 12.2. The van der Waals surface area contributed by atoms with Gasteiger partial charge >= 0.3 is 0 Å². The average Bonchev–Trinajstić information content (AvgIpc) is 2.92. The van der Waals surface area contributed by atoms with Crippen LogP contribution in [0.15, 0.2) is 97.1 Å². The van der Waals surface area contributed by atoms with Gasteiger partial charge in [-0.2, -0.15) is 0 Å². The summed E-state index contributed by atoms with van der Waals surface area (Å²) in [5.41, 5.74) is 3.70. The SMILES string of the molecule is O=C(COc1ccc2ccccc2c1)NCc1ccccc1CN1CCN(c2ccccc2)CC1. The fourth-order valence-electron chi connectivity index (χ4n) is 4.58. The molecule has 0 radical (unpaired) electrons. The van der Waals surface area contributed by atoms with Crippen molar-refractivity contribution in [3.05, 3.63) is 108 Å². The fraction of sp³-hybridized carbons (Fsp3) is 0.233. The van der Waals surface area contributed by atoms with Gasteiger partial charge in [-0.25, -0.2) is 0 Å². The molecule has 0 atom stereocenters. The van der Waals surface area contributed by atoms with Crippen LogP contribution in [-0.2, 0) is 17.9 Å². The van der Waals surface area contributed by atoms with Crippen molar-refractivity contribution in [2.24, 2.45) is 0 Å². The van der Waals surface area contributed by atoms with Gasteiger partial charge in [-0.15, -0.1) is 0 Å². The zero-order valence-corrected chi connectivity index (χ0v) is 19.9. The highest BCUT2D eigenvalue weighted by Crippen LogP contribution is 2.21. The lowest BCUT2D eigenvalue weighted by Crippen LogP contribution is -2.46. The quantitative estimate of drug-likeness (QED) is 0.404. The molecule has 1 N–H and O–H groups in total. The van der Waals surface area contributed by atoms with E-state index >= 15 is 0 Å². The summed E-state index contributed by atoms with van der Waals surface area (Å²) >= 11 is 0. The van der Waals surface area contributed by atoms with Crippen LogP contribution in [0.3, 0.4) is 0 Å². The number of nitrogens with one attached hydrogen (secondary N) is 1. The zero-order valence-electron chi connectivity index (χ0n) is 19.9. The maximum atomic E-state index is 12.5. The molecule has 35 heavy (non-hydrogen) atoms. The van der Waals surface area contributed by atoms with E-state index in [1.54, 1.807) is 0 Å². The van der Waals surface area contributed by atoms with Crippen LogP contribution < -0.4 is 15.0 Å². The van der Waals surface area contributed by atoms with Crippen molar-refractivity contribution in [1.29, 1.82) is 0 Å². The molecule has 4 aromatic rings. The summed E-state index contributed by atoms with van der Waals surface area (Å²) in [6.07, 6.45) is 0. The van der Waals surface area contributed by atoms with Gasteiger partial charge in [0.2, 0.25) is 0 Å². The van der Waals surface area contributed by atoms with Crippen molar-refractivity contribution >= 4 is 22.4 Å². The predicted octanol–water partition coefficient (Wildman–Crippen LogP) is 4.86. The largest absolute Gasteiger partial charge is 0.484 e. The summed E-state index contributed by atoms with van der Waals surface area (Å²) in [4.78, 5) is 17.4. The molecular weight excluding hydrogens is 434 g/mol. The van der Waals surface area contributed by atoms with Crippen LogP contribution in [0.2, 0.25) is 0 Å². The third kappa shape index (κ3) is 6.00. The molecule has 178 valence electrons. The molecule has 5 rings (SSSR count). The Hall–Kier alpha value is -3.83. The number of anilines is 1. The zero-order chi connectivity index (χ0) is 23.9. The van der Waals surface area contributed by atoms with Gasteiger partial charge in [-0.3, -0.25) is 9.69 Å². The normalized spacial score (nSPS) is 14.1.